The molecule has 4 aromatic rings. The van der Waals surface area contributed by atoms with E-state index in [1.807, 2.05) is 48.5 Å². The number of ether oxygens (including phenoxy) is 1. The lowest BCUT2D eigenvalue weighted by molar-refractivity contribution is -0.116. The van der Waals surface area contributed by atoms with Gasteiger partial charge in [-0.15, -0.1) is 0 Å². The van der Waals surface area contributed by atoms with Crippen LogP contribution < -0.4 is 5.32 Å². The zero-order valence-electron chi connectivity index (χ0n) is 20.6. The molecule has 0 atom stereocenters. The number of rotatable bonds is 9. The number of aromatic nitrogens is 1. The quantitative estimate of drug-likeness (QED) is 0.212. The van der Waals surface area contributed by atoms with Gasteiger partial charge in [-0.25, -0.2) is 4.79 Å². The van der Waals surface area contributed by atoms with Crippen LogP contribution in [0.25, 0.3) is 22.0 Å². The molecule has 5 heteroatoms. The fourth-order valence-corrected chi connectivity index (χ4v) is 4.31. The van der Waals surface area contributed by atoms with E-state index in [0.29, 0.717) is 17.9 Å². The first kappa shape index (κ1) is 24.3. The van der Waals surface area contributed by atoms with Gasteiger partial charge in [0.25, 0.3) is 0 Å². The van der Waals surface area contributed by atoms with E-state index in [0.717, 1.165) is 47.1 Å². The Hall–Kier alpha value is -3.86. The number of nitrogens with one attached hydrogen (secondary N) is 1. The van der Waals surface area contributed by atoms with Crippen molar-refractivity contribution in [2.45, 2.75) is 45.6 Å². The lowest BCUT2D eigenvalue weighted by atomic mass is 10.0. The molecule has 0 saturated carbocycles. The predicted octanol–water partition coefficient (Wildman–Crippen LogP) is 7.03. The van der Waals surface area contributed by atoms with E-state index in [2.05, 4.69) is 54.2 Å². The third-order valence-electron chi connectivity index (χ3n) is 6.30. The average molecular weight is 469 g/mol. The van der Waals surface area contributed by atoms with Crippen LogP contribution >= 0.6 is 0 Å². The minimum absolute atomic E-state index is 0.0256. The summed E-state index contributed by atoms with van der Waals surface area (Å²) in [4.78, 5) is 24.5. The van der Waals surface area contributed by atoms with Gasteiger partial charge in [-0.1, -0.05) is 62.4 Å². The fraction of sp³-hybridized carbons (Fsp3) is 0.267. The van der Waals surface area contributed by atoms with Crippen LogP contribution in [0.5, 0.6) is 0 Å². The smallest absolute Gasteiger partial charge is 0.337 e. The van der Waals surface area contributed by atoms with Gasteiger partial charge >= 0.3 is 5.97 Å². The number of fused-ring (bicyclic) bond motifs is 1. The average Bonchev–Trinajstić information content (AvgIpc) is 3.24. The summed E-state index contributed by atoms with van der Waals surface area (Å²) < 4.78 is 7.09. The fourth-order valence-electron chi connectivity index (χ4n) is 4.31. The molecule has 0 aliphatic rings. The summed E-state index contributed by atoms with van der Waals surface area (Å²) >= 11 is 0. The van der Waals surface area contributed by atoms with E-state index in [-0.39, 0.29) is 11.9 Å². The molecule has 5 nitrogen and oxygen atoms in total. The number of unbranched alkanes of at least 4 members (excludes halogenated alkanes) is 1. The van der Waals surface area contributed by atoms with E-state index in [4.69, 9.17) is 4.74 Å². The van der Waals surface area contributed by atoms with Crippen molar-refractivity contribution in [2.24, 2.45) is 0 Å². The van der Waals surface area contributed by atoms with Crippen molar-refractivity contribution in [1.29, 1.82) is 0 Å². The predicted molar refractivity (Wildman–Crippen MR) is 142 cm³/mol. The molecule has 1 N–H and O–H groups in total. The molecule has 0 unspecified atom stereocenters. The lowest BCUT2D eigenvalue weighted by Gasteiger charge is -2.09. The summed E-state index contributed by atoms with van der Waals surface area (Å²) in [5, 5.41) is 4.08. The van der Waals surface area contributed by atoms with Crippen LogP contribution in [0.15, 0.2) is 79.0 Å². The maximum absolute atomic E-state index is 12.4. The van der Waals surface area contributed by atoms with Crippen LogP contribution in [0.1, 0.15) is 54.9 Å². The highest BCUT2D eigenvalue weighted by atomic mass is 16.5. The Bertz CT molecular complexity index is 1300. The van der Waals surface area contributed by atoms with E-state index < -0.39 is 0 Å². The minimum atomic E-state index is -0.348. The summed E-state index contributed by atoms with van der Waals surface area (Å²) in [6, 6.07) is 24.0. The number of carbonyl (C=O) groups is 2. The molecular formula is C30H32N2O3. The molecule has 0 aliphatic heterocycles. The first-order valence-electron chi connectivity index (χ1n) is 12.1. The largest absolute Gasteiger partial charge is 0.465 e. The number of amides is 1. The highest BCUT2D eigenvalue weighted by Crippen LogP contribution is 2.32. The molecule has 0 aliphatic carbocycles. The van der Waals surface area contributed by atoms with Crippen LogP contribution in [0.4, 0.5) is 5.69 Å². The first-order chi connectivity index (χ1) is 17.0. The molecule has 0 saturated heterocycles. The van der Waals surface area contributed by atoms with E-state index >= 15 is 0 Å². The molecule has 0 spiro atoms. The molecule has 3 aromatic carbocycles. The third-order valence-corrected chi connectivity index (χ3v) is 6.30. The summed E-state index contributed by atoms with van der Waals surface area (Å²) in [5.41, 5.74) is 5.86. The molecule has 0 fully saturated rings. The number of nitrogens with zero attached hydrogens (tertiary/aromatic N) is 1. The van der Waals surface area contributed by atoms with Crippen molar-refractivity contribution < 1.29 is 14.3 Å². The zero-order chi connectivity index (χ0) is 24.8. The van der Waals surface area contributed by atoms with Crippen molar-refractivity contribution in [2.75, 3.05) is 12.4 Å². The van der Waals surface area contributed by atoms with E-state index in [9.17, 15) is 9.59 Å². The highest BCUT2D eigenvalue weighted by Gasteiger charge is 2.14. The van der Waals surface area contributed by atoms with Gasteiger partial charge in [-0.3, -0.25) is 4.79 Å². The van der Waals surface area contributed by atoms with E-state index in [1.54, 1.807) is 0 Å². The maximum Gasteiger partial charge on any atom is 0.337 e. The second-order valence-electron chi connectivity index (χ2n) is 9.11. The Labute approximate surface area is 206 Å². The van der Waals surface area contributed by atoms with Crippen LogP contribution in [0, 0.1) is 0 Å². The van der Waals surface area contributed by atoms with Crippen LogP contribution in [-0.4, -0.2) is 23.6 Å². The summed E-state index contributed by atoms with van der Waals surface area (Å²) in [6.07, 6.45) is 4.22. The molecular weight excluding hydrogens is 436 g/mol. The monoisotopic (exact) mass is 468 g/mol. The normalized spacial score (nSPS) is 11.1. The van der Waals surface area contributed by atoms with Crippen molar-refractivity contribution in [1.82, 2.24) is 4.57 Å². The van der Waals surface area contributed by atoms with Crippen molar-refractivity contribution in [3.05, 3.63) is 90.1 Å². The van der Waals surface area contributed by atoms with Gasteiger partial charge < -0.3 is 14.6 Å². The van der Waals surface area contributed by atoms with Gasteiger partial charge in [-0.2, -0.15) is 0 Å². The Balaban J connectivity index is 1.43. The maximum atomic E-state index is 12.4. The summed E-state index contributed by atoms with van der Waals surface area (Å²) in [6.45, 7) is 5.06. The number of methoxy groups -OCH3 is 1. The molecule has 1 amide bonds. The molecule has 0 bridgehead atoms. The van der Waals surface area contributed by atoms with Crippen LogP contribution in [0.3, 0.4) is 0 Å². The van der Waals surface area contributed by atoms with Gasteiger partial charge in [0.05, 0.1) is 12.7 Å². The SMILES string of the molecule is COC(=O)c1ccc2c(-c3ccccc3)cn(CCCCC(=O)Nc3ccc(C(C)C)cc3)c2c1. The first-order valence-corrected chi connectivity index (χ1v) is 12.1. The van der Waals surface area contributed by atoms with Crippen molar-refractivity contribution in [3.63, 3.8) is 0 Å². The Morgan fingerprint density at radius 3 is 2.37 bits per heavy atom. The Morgan fingerprint density at radius 1 is 0.943 bits per heavy atom. The number of benzene rings is 3. The number of esters is 1. The summed E-state index contributed by atoms with van der Waals surface area (Å²) in [7, 11) is 1.39. The van der Waals surface area contributed by atoms with Crippen LogP contribution in [0.2, 0.25) is 0 Å². The number of anilines is 1. The Kier molecular flexibility index (Phi) is 7.66. The van der Waals surface area contributed by atoms with Gasteiger partial charge in [0.2, 0.25) is 5.91 Å². The second kappa shape index (κ2) is 11.0. The molecule has 1 heterocycles. The van der Waals surface area contributed by atoms with Crippen molar-refractivity contribution >= 4 is 28.5 Å². The number of hydrogen-bond acceptors (Lipinski definition) is 3. The van der Waals surface area contributed by atoms with Crippen molar-refractivity contribution in [3.8, 4) is 11.1 Å². The Morgan fingerprint density at radius 2 is 1.69 bits per heavy atom. The molecule has 180 valence electrons. The summed E-state index contributed by atoms with van der Waals surface area (Å²) in [5.74, 6) is 0.146. The van der Waals surface area contributed by atoms with Gasteiger partial charge in [0.15, 0.2) is 0 Å². The second-order valence-corrected chi connectivity index (χ2v) is 9.11. The van der Waals surface area contributed by atoms with Crippen LogP contribution in [-0.2, 0) is 16.1 Å². The topological polar surface area (TPSA) is 60.3 Å². The zero-order valence-corrected chi connectivity index (χ0v) is 20.6. The lowest BCUT2D eigenvalue weighted by Crippen LogP contribution is -2.11. The number of carbonyl (C=O) groups excluding carboxylic acids is 2. The number of hydrogen-bond donors (Lipinski definition) is 1. The molecule has 4 rings (SSSR count). The van der Waals surface area contributed by atoms with Gasteiger partial charge in [0.1, 0.15) is 0 Å². The van der Waals surface area contributed by atoms with E-state index in [1.165, 1.54) is 12.7 Å². The highest BCUT2D eigenvalue weighted by molar-refractivity contribution is 6.00. The standard InChI is InChI=1S/C30H32N2O3/c1-21(2)22-12-15-25(16-13-22)31-29(33)11-7-8-18-32-20-27(23-9-5-4-6-10-23)26-17-14-24(19-28(26)32)30(34)35-3/h4-6,9-10,12-17,19-21H,7-8,11,18H2,1-3H3,(H,31,33). The third kappa shape index (κ3) is 5.80. The van der Waals surface area contributed by atoms with Gasteiger partial charge in [0, 0.05) is 41.3 Å². The van der Waals surface area contributed by atoms with Gasteiger partial charge in [-0.05, 0) is 54.2 Å². The number of aryl methyl sites for hydroxylation is 1. The molecule has 35 heavy (non-hydrogen) atoms. The molecule has 1 aromatic heterocycles. The minimum Gasteiger partial charge on any atom is -0.465 e. The molecule has 0 radical (unpaired) electrons.